The van der Waals surface area contributed by atoms with Gasteiger partial charge in [-0.05, 0) is 37.1 Å². The zero-order valence-corrected chi connectivity index (χ0v) is 15.4. The third-order valence-corrected chi connectivity index (χ3v) is 5.90. The second kappa shape index (κ2) is 8.44. The van der Waals surface area contributed by atoms with Crippen LogP contribution in [0.4, 0.5) is 13.2 Å². The Morgan fingerprint density at radius 1 is 1.26 bits per heavy atom. The first-order chi connectivity index (χ1) is 12.5. The number of amides is 1. The van der Waals surface area contributed by atoms with Crippen LogP contribution in [0, 0.1) is 0 Å². The van der Waals surface area contributed by atoms with Gasteiger partial charge in [0, 0.05) is 11.6 Å². The molecule has 0 aromatic heterocycles. The van der Waals surface area contributed by atoms with E-state index in [-0.39, 0.29) is 17.9 Å². The van der Waals surface area contributed by atoms with E-state index in [1.165, 1.54) is 24.3 Å². The van der Waals surface area contributed by atoms with Gasteiger partial charge in [-0.25, -0.2) is 8.42 Å². The third-order valence-electron chi connectivity index (χ3n) is 3.73. The van der Waals surface area contributed by atoms with E-state index in [1.54, 1.807) is 5.32 Å². The quantitative estimate of drug-likeness (QED) is 0.696. The lowest BCUT2D eigenvalue weighted by molar-refractivity contribution is -0.153. The Hall–Kier alpha value is -1.85. The lowest BCUT2D eigenvalue weighted by Crippen LogP contribution is -2.43. The molecule has 7 nitrogen and oxygen atoms in total. The van der Waals surface area contributed by atoms with E-state index in [2.05, 4.69) is 4.74 Å². The highest BCUT2D eigenvalue weighted by molar-refractivity contribution is 7.89. The maximum absolute atomic E-state index is 12.7. The van der Waals surface area contributed by atoms with Crippen LogP contribution >= 0.6 is 11.6 Å². The zero-order valence-electron chi connectivity index (χ0n) is 13.8. The monoisotopic (exact) mass is 428 g/mol. The molecule has 27 heavy (non-hydrogen) atoms. The van der Waals surface area contributed by atoms with Crippen LogP contribution < -0.4 is 5.32 Å². The molecule has 0 radical (unpaired) electrons. The van der Waals surface area contributed by atoms with Gasteiger partial charge in [-0.15, -0.1) is 0 Å². The molecule has 0 aliphatic carbocycles. The molecule has 1 aromatic rings. The summed E-state index contributed by atoms with van der Waals surface area (Å²) in [4.78, 5) is 23.4. The van der Waals surface area contributed by atoms with Gasteiger partial charge in [-0.2, -0.15) is 17.5 Å². The third kappa shape index (κ3) is 5.81. The molecule has 1 aliphatic heterocycles. The lowest BCUT2D eigenvalue weighted by Gasteiger charge is -2.22. The molecule has 1 atom stereocenters. The summed E-state index contributed by atoms with van der Waals surface area (Å²) in [5.41, 5.74) is 0. The van der Waals surface area contributed by atoms with Gasteiger partial charge in [0.15, 0.2) is 6.61 Å². The highest BCUT2D eigenvalue weighted by atomic mass is 35.5. The predicted octanol–water partition coefficient (Wildman–Crippen LogP) is 1.71. The summed E-state index contributed by atoms with van der Waals surface area (Å²) in [6.07, 6.45) is -4.02. The minimum Gasteiger partial charge on any atom is -0.454 e. The number of carbonyl (C=O) groups excluding carboxylic acids is 2. The number of halogens is 4. The number of esters is 1. The number of nitrogens with zero attached hydrogens (tertiary/aromatic N) is 1. The topological polar surface area (TPSA) is 92.8 Å². The van der Waals surface area contributed by atoms with Crippen molar-refractivity contribution in [3.63, 3.8) is 0 Å². The fraction of sp³-hybridized carbons (Fsp3) is 0.467. The van der Waals surface area contributed by atoms with E-state index >= 15 is 0 Å². The Morgan fingerprint density at radius 2 is 1.89 bits per heavy atom. The first-order valence-electron chi connectivity index (χ1n) is 7.78. The number of nitrogens with one attached hydrogen (secondary N) is 1. The molecule has 1 aromatic carbocycles. The zero-order chi connectivity index (χ0) is 20.2. The molecular weight excluding hydrogens is 413 g/mol. The van der Waals surface area contributed by atoms with E-state index in [1.807, 2.05) is 0 Å². The molecule has 0 unspecified atom stereocenters. The van der Waals surface area contributed by atoms with Crippen LogP contribution in [0.15, 0.2) is 29.2 Å². The lowest BCUT2D eigenvalue weighted by atomic mass is 10.2. The van der Waals surface area contributed by atoms with Crippen LogP contribution in [0.5, 0.6) is 0 Å². The summed E-state index contributed by atoms with van der Waals surface area (Å²) in [5.74, 6) is -2.13. The maximum atomic E-state index is 12.7. The first-order valence-corrected chi connectivity index (χ1v) is 9.60. The van der Waals surface area contributed by atoms with Crippen molar-refractivity contribution in [3.8, 4) is 0 Å². The fourth-order valence-electron chi connectivity index (χ4n) is 2.49. The molecule has 1 amide bonds. The standard InChI is InChI=1S/C15H16ClF3N2O5S/c16-10-3-5-11(6-4-10)27(24,25)21-7-1-2-12(21)14(23)26-8-13(22)20-9-15(17,18)19/h3-6,12H,1-2,7-9H2,(H,20,22)/t12-/m1/s1. The summed E-state index contributed by atoms with van der Waals surface area (Å²) >= 11 is 5.73. The van der Waals surface area contributed by atoms with Crippen LogP contribution in [-0.2, 0) is 24.3 Å². The van der Waals surface area contributed by atoms with E-state index in [0.29, 0.717) is 11.4 Å². The first kappa shape index (κ1) is 21.5. The molecule has 12 heteroatoms. The number of rotatable bonds is 6. The summed E-state index contributed by atoms with van der Waals surface area (Å²) in [7, 11) is -3.99. The molecule has 2 rings (SSSR count). The van der Waals surface area contributed by atoms with Gasteiger partial charge >= 0.3 is 12.1 Å². The Labute approximate surface area is 158 Å². The summed E-state index contributed by atoms with van der Waals surface area (Å²) in [5, 5.41) is 1.90. The number of ether oxygens (including phenoxy) is 1. The van der Waals surface area contributed by atoms with Crippen molar-refractivity contribution in [2.45, 2.75) is 30.0 Å². The normalized spacial score (nSPS) is 18.3. The van der Waals surface area contributed by atoms with Gasteiger partial charge in [-0.1, -0.05) is 11.6 Å². The summed E-state index contributed by atoms with van der Waals surface area (Å²) in [6, 6.07) is 4.22. The molecule has 1 heterocycles. The predicted molar refractivity (Wildman–Crippen MR) is 88.4 cm³/mol. The van der Waals surface area contributed by atoms with E-state index in [0.717, 1.165) is 4.31 Å². The minimum atomic E-state index is -4.59. The van der Waals surface area contributed by atoms with Crippen molar-refractivity contribution in [1.29, 1.82) is 0 Å². The highest BCUT2D eigenvalue weighted by Gasteiger charge is 2.40. The van der Waals surface area contributed by atoms with Gasteiger partial charge in [-0.3, -0.25) is 9.59 Å². The van der Waals surface area contributed by atoms with Crippen LogP contribution in [0.25, 0.3) is 0 Å². The van der Waals surface area contributed by atoms with Gasteiger partial charge in [0.2, 0.25) is 10.0 Å². The van der Waals surface area contributed by atoms with Crippen molar-refractivity contribution in [3.05, 3.63) is 29.3 Å². The molecule has 1 saturated heterocycles. The molecule has 1 aliphatic rings. The van der Waals surface area contributed by atoms with Gasteiger partial charge < -0.3 is 10.1 Å². The largest absolute Gasteiger partial charge is 0.454 e. The van der Waals surface area contributed by atoms with Gasteiger partial charge in [0.1, 0.15) is 12.6 Å². The fourth-order valence-corrected chi connectivity index (χ4v) is 4.26. The number of benzene rings is 1. The molecule has 0 spiro atoms. The van der Waals surface area contributed by atoms with Crippen molar-refractivity contribution >= 4 is 33.5 Å². The van der Waals surface area contributed by atoms with Crippen molar-refractivity contribution < 1.29 is 35.9 Å². The molecule has 1 fully saturated rings. The second-order valence-corrected chi connectivity index (χ2v) is 8.05. The summed E-state index contributed by atoms with van der Waals surface area (Å²) in [6.45, 7) is -2.41. The molecule has 0 saturated carbocycles. The second-order valence-electron chi connectivity index (χ2n) is 5.73. The van der Waals surface area contributed by atoms with E-state index in [9.17, 15) is 31.2 Å². The number of carbonyl (C=O) groups is 2. The Morgan fingerprint density at radius 3 is 2.48 bits per heavy atom. The van der Waals surface area contributed by atoms with Gasteiger partial charge in [0.05, 0.1) is 4.90 Å². The van der Waals surface area contributed by atoms with Gasteiger partial charge in [0.25, 0.3) is 5.91 Å². The Kier molecular flexibility index (Phi) is 6.71. The van der Waals surface area contributed by atoms with Crippen molar-refractivity contribution in [2.24, 2.45) is 0 Å². The van der Waals surface area contributed by atoms with Crippen LogP contribution in [-0.4, -0.2) is 56.5 Å². The Balaban J connectivity index is 1.99. The number of hydrogen-bond acceptors (Lipinski definition) is 5. The average molecular weight is 429 g/mol. The summed E-state index contributed by atoms with van der Waals surface area (Å²) < 4.78 is 67.1. The van der Waals surface area contributed by atoms with E-state index < -0.39 is 47.3 Å². The van der Waals surface area contributed by atoms with E-state index in [4.69, 9.17) is 11.6 Å². The number of hydrogen-bond donors (Lipinski definition) is 1. The molecule has 150 valence electrons. The molecule has 1 N–H and O–H groups in total. The number of alkyl halides is 3. The number of sulfonamides is 1. The van der Waals surface area contributed by atoms with Crippen LogP contribution in [0.3, 0.4) is 0 Å². The van der Waals surface area contributed by atoms with Crippen molar-refractivity contribution in [1.82, 2.24) is 9.62 Å². The van der Waals surface area contributed by atoms with Crippen LogP contribution in [0.2, 0.25) is 5.02 Å². The Bertz CT molecular complexity index is 799. The SMILES string of the molecule is O=C(COC(=O)[C@H]1CCCN1S(=O)(=O)c1ccc(Cl)cc1)NCC(F)(F)F. The molecular formula is C15H16ClF3N2O5S. The smallest absolute Gasteiger partial charge is 0.405 e. The van der Waals surface area contributed by atoms with Crippen LogP contribution in [0.1, 0.15) is 12.8 Å². The minimum absolute atomic E-state index is 0.0606. The maximum Gasteiger partial charge on any atom is 0.405 e. The highest BCUT2D eigenvalue weighted by Crippen LogP contribution is 2.27. The molecule has 0 bridgehead atoms. The van der Waals surface area contributed by atoms with Crippen molar-refractivity contribution in [2.75, 3.05) is 19.7 Å². The average Bonchev–Trinajstić information content (AvgIpc) is 3.08.